The van der Waals surface area contributed by atoms with E-state index >= 15 is 0 Å². The Balaban J connectivity index is 1.70. The molecule has 140 valence electrons. The monoisotopic (exact) mass is 366 g/mol. The van der Waals surface area contributed by atoms with Crippen molar-refractivity contribution >= 4 is 27.5 Å². The van der Waals surface area contributed by atoms with Gasteiger partial charge in [0.15, 0.2) is 0 Å². The van der Waals surface area contributed by atoms with Crippen LogP contribution >= 0.6 is 0 Å². The zero-order chi connectivity index (χ0) is 19.3. The lowest BCUT2D eigenvalue weighted by molar-refractivity contribution is 0.730. The number of unbranched alkanes of at least 4 members (excludes halogenated alkanes) is 2. The molecule has 0 saturated heterocycles. The van der Waals surface area contributed by atoms with Gasteiger partial charge in [0.1, 0.15) is 0 Å². The number of aromatic nitrogens is 1. The van der Waals surface area contributed by atoms with E-state index in [1.165, 1.54) is 40.4 Å². The van der Waals surface area contributed by atoms with E-state index in [4.69, 9.17) is 4.98 Å². The van der Waals surface area contributed by atoms with E-state index in [1.54, 1.807) is 0 Å². The molecular formula is C26H26N2. The summed E-state index contributed by atoms with van der Waals surface area (Å²) in [6, 6.07) is 25.8. The van der Waals surface area contributed by atoms with E-state index < -0.39 is 0 Å². The van der Waals surface area contributed by atoms with Crippen molar-refractivity contribution in [3.05, 3.63) is 85.5 Å². The number of pyridine rings is 1. The highest BCUT2D eigenvalue weighted by atomic mass is 15.1. The first-order valence-electron chi connectivity index (χ1n) is 9.98. The number of hydrogen-bond donors (Lipinski definition) is 0. The van der Waals surface area contributed by atoms with E-state index in [0.717, 1.165) is 24.0 Å². The smallest absolute Gasteiger partial charge is 0.0715 e. The normalized spacial score (nSPS) is 11.0. The molecule has 0 fully saturated rings. The molecule has 1 heterocycles. The van der Waals surface area contributed by atoms with Crippen LogP contribution in [0, 0.1) is 0 Å². The van der Waals surface area contributed by atoms with Crippen LogP contribution in [0.4, 0.5) is 5.69 Å². The van der Waals surface area contributed by atoms with Crippen molar-refractivity contribution in [2.24, 2.45) is 0 Å². The Kier molecular flexibility index (Phi) is 5.38. The number of fused-ring (bicyclic) bond motifs is 2. The summed E-state index contributed by atoms with van der Waals surface area (Å²) in [5, 5.41) is 2.40. The molecule has 0 saturated carbocycles. The topological polar surface area (TPSA) is 16.1 Å². The molecular weight excluding hydrogens is 340 g/mol. The second kappa shape index (κ2) is 8.26. The van der Waals surface area contributed by atoms with Gasteiger partial charge in [-0.3, -0.25) is 0 Å². The lowest BCUT2D eigenvalue weighted by Crippen LogP contribution is -2.18. The second-order valence-corrected chi connectivity index (χ2v) is 7.27. The summed E-state index contributed by atoms with van der Waals surface area (Å²) < 4.78 is 0. The third kappa shape index (κ3) is 3.63. The SMILES string of the molecule is C=CCCCCN(C)c1ccc(-c2c3ccccc3nc3ccccc23)cc1. The molecule has 28 heavy (non-hydrogen) atoms. The van der Waals surface area contributed by atoms with Gasteiger partial charge in [0.05, 0.1) is 11.0 Å². The van der Waals surface area contributed by atoms with E-state index in [1.807, 2.05) is 6.08 Å². The summed E-state index contributed by atoms with van der Waals surface area (Å²) in [6.07, 6.45) is 5.47. The molecule has 2 nitrogen and oxygen atoms in total. The summed E-state index contributed by atoms with van der Waals surface area (Å²) in [5.41, 5.74) is 5.84. The van der Waals surface area contributed by atoms with Crippen molar-refractivity contribution in [2.45, 2.75) is 19.3 Å². The average Bonchev–Trinajstić information content (AvgIpc) is 2.75. The molecule has 0 amide bonds. The molecule has 0 unspecified atom stereocenters. The van der Waals surface area contributed by atoms with Crippen LogP contribution in [-0.4, -0.2) is 18.6 Å². The van der Waals surface area contributed by atoms with E-state index in [9.17, 15) is 0 Å². The predicted octanol–water partition coefficient (Wildman–Crippen LogP) is 6.85. The summed E-state index contributed by atoms with van der Waals surface area (Å²) in [4.78, 5) is 7.17. The standard InChI is InChI=1S/C26H26N2/c1-3-4-5-10-19-28(2)21-17-15-20(16-18-21)26-22-11-6-8-13-24(22)27-25-14-9-7-12-23(25)26/h3,6-9,11-18H,1,4-5,10,19H2,2H3. The molecule has 0 bridgehead atoms. The number of nitrogens with zero attached hydrogens (tertiary/aromatic N) is 2. The van der Waals surface area contributed by atoms with Gasteiger partial charge in [0.2, 0.25) is 0 Å². The third-order valence-electron chi connectivity index (χ3n) is 5.34. The Hall–Kier alpha value is -3.13. The van der Waals surface area contributed by atoms with Crippen molar-refractivity contribution in [3.8, 4) is 11.1 Å². The average molecular weight is 367 g/mol. The summed E-state index contributed by atoms with van der Waals surface area (Å²) in [7, 11) is 2.17. The van der Waals surface area contributed by atoms with Gasteiger partial charge in [0.25, 0.3) is 0 Å². The van der Waals surface area contributed by atoms with Gasteiger partial charge in [-0.15, -0.1) is 6.58 Å². The van der Waals surface area contributed by atoms with Crippen LogP contribution in [0.5, 0.6) is 0 Å². The molecule has 0 aliphatic carbocycles. The zero-order valence-corrected chi connectivity index (χ0v) is 16.4. The molecule has 2 heteroatoms. The predicted molar refractivity (Wildman–Crippen MR) is 122 cm³/mol. The fraction of sp³-hybridized carbons (Fsp3) is 0.192. The van der Waals surface area contributed by atoms with E-state index in [-0.39, 0.29) is 0 Å². The molecule has 4 aromatic rings. The highest BCUT2D eigenvalue weighted by molar-refractivity contribution is 6.09. The molecule has 0 spiro atoms. The minimum atomic E-state index is 1.04. The molecule has 0 atom stereocenters. The molecule has 3 aromatic carbocycles. The number of rotatable bonds is 7. The Morgan fingerprint density at radius 2 is 1.43 bits per heavy atom. The molecule has 1 aromatic heterocycles. The molecule has 4 rings (SSSR count). The van der Waals surface area contributed by atoms with Gasteiger partial charge in [-0.05, 0) is 49.1 Å². The first kappa shape index (κ1) is 18.2. The lowest BCUT2D eigenvalue weighted by Gasteiger charge is -2.20. The zero-order valence-electron chi connectivity index (χ0n) is 16.4. The van der Waals surface area contributed by atoms with Crippen molar-refractivity contribution in [1.29, 1.82) is 0 Å². The highest BCUT2D eigenvalue weighted by Crippen LogP contribution is 2.35. The molecule has 0 N–H and O–H groups in total. The van der Waals surface area contributed by atoms with Crippen LogP contribution in [0.3, 0.4) is 0 Å². The van der Waals surface area contributed by atoms with Crippen LogP contribution in [0.2, 0.25) is 0 Å². The maximum Gasteiger partial charge on any atom is 0.0715 e. The van der Waals surface area contributed by atoms with Gasteiger partial charge in [-0.1, -0.05) is 54.6 Å². The fourth-order valence-electron chi connectivity index (χ4n) is 3.80. The molecule has 0 aliphatic rings. The quantitative estimate of drug-likeness (QED) is 0.202. The molecule has 0 aliphatic heterocycles. The van der Waals surface area contributed by atoms with Crippen LogP contribution < -0.4 is 4.90 Å². The Labute approximate surface area is 167 Å². The number of hydrogen-bond acceptors (Lipinski definition) is 2. The number of para-hydroxylation sites is 2. The van der Waals surface area contributed by atoms with Crippen molar-refractivity contribution in [2.75, 3.05) is 18.5 Å². The second-order valence-electron chi connectivity index (χ2n) is 7.27. The largest absolute Gasteiger partial charge is 0.375 e. The van der Waals surface area contributed by atoms with Crippen LogP contribution in [0.1, 0.15) is 19.3 Å². The van der Waals surface area contributed by atoms with Crippen molar-refractivity contribution < 1.29 is 0 Å². The Morgan fingerprint density at radius 1 is 0.821 bits per heavy atom. The maximum absolute atomic E-state index is 4.84. The van der Waals surface area contributed by atoms with Gasteiger partial charge in [-0.2, -0.15) is 0 Å². The van der Waals surface area contributed by atoms with Crippen molar-refractivity contribution in [3.63, 3.8) is 0 Å². The number of allylic oxidation sites excluding steroid dienone is 1. The van der Waals surface area contributed by atoms with Gasteiger partial charge >= 0.3 is 0 Å². The van der Waals surface area contributed by atoms with E-state index in [0.29, 0.717) is 0 Å². The minimum Gasteiger partial charge on any atom is -0.375 e. The first-order chi connectivity index (χ1) is 13.8. The van der Waals surface area contributed by atoms with Gasteiger partial charge < -0.3 is 4.90 Å². The summed E-state index contributed by atoms with van der Waals surface area (Å²) >= 11 is 0. The van der Waals surface area contributed by atoms with E-state index in [2.05, 4.69) is 91.3 Å². The van der Waals surface area contributed by atoms with Gasteiger partial charge in [0, 0.05) is 35.6 Å². The highest BCUT2D eigenvalue weighted by Gasteiger charge is 2.11. The molecule has 0 radical (unpaired) electrons. The minimum absolute atomic E-state index is 1.04. The number of benzene rings is 3. The van der Waals surface area contributed by atoms with Crippen LogP contribution in [0.15, 0.2) is 85.5 Å². The van der Waals surface area contributed by atoms with Gasteiger partial charge in [-0.25, -0.2) is 4.98 Å². The maximum atomic E-state index is 4.84. The number of anilines is 1. The third-order valence-corrected chi connectivity index (χ3v) is 5.34. The van der Waals surface area contributed by atoms with Crippen LogP contribution in [-0.2, 0) is 0 Å². The Morgan fingerprint density at radius 3 is 2.04 bits per heavy atom. The fourth-order valence-corrected chi connectivity index (χ4v) is 3.80. The summed E-state index contributed by atoms with van der Waals surface area (Å²) in [5.74, 6) is 0. The van der Waals surface area contributed by atoms with Crippen LogP contribution in [0.25, 0.3) is 32.9 Å². The summed E-state index contributed by atoms with van der Waals surface area (Å²) in [6.45, 7) is 4.86. The Bertz CT molecular complexity index is 1040. The first-order valence-corrected chi connectivity index (χ1v) is 9.98. The van der Waals surface area contributed by atoms with Crippen molar-refractivity contribution in [1.82, 2.24) is 4.98 Å². The lowest BCUT2D eigenvalue weighted by atomic mass is 9.96.